The third-order valence-corrected chi connectivity index (χ3v) is 8.25. The van der Waals surface area contributed by atoms with Crippen LogP contribution in [-0.2, 0) is 28.6 Å². The average molecular weight is 467 g/mol. The van der Waals surface area contributed by atoms with Crippen LogP contribution in [0.2, 0.25) is 0 Å². The first-order valence-corrected chi connectivity index (χ1v) is 12.6. The molecule has 9 atom stereocenters. The Labute approximate surface area is 197 Å². The highest BCUT2D eigenvalue weighted by molar-refractivity contribution is 5.81. The second kappa shape index (κ2) is 9.65. The molecule has 0 spiro atoms. The van der Waals surface area contributed by atoms with Crippen molar-refractivity contribution in [1.29, 1.82) is 0 Å². The van der Waals surface area contributed by atoms with Crippen molar-refractivity contribution in [2.75, 3.05) is 0 Å². The Morgan fingerprint density at radius 2 is 1.88 bits per heavy atom. The van der Waals surface area contributed by atoms with Gasteiger partial charge in [-0.05, 0) is 44.9 Å². The smallest absolute Gasteiger partial charge is 0.306 e. The summed E-state index contributed by atoms with van der Waals surface area (Å²) in [5.74, 6) is -1.13. The highest BCUT2D eigenvalue weighted by Gasteiger charge is 2.66. The van der Waals surface area contributed by atoms with Crippen LogP contribution in [0.4, 0.5) is 0 Å². The zero-order valence-corrected chi connectivity index (χ0v) is 21.3. The number of hydrogen-bond donors (Lipinski definition) is 1. The van der Waals surface area contributed by atoms with Gasteiger partial charge in [-0.3, -0.25) is 14.4 Å². The number of carbonyl (C=O) groups is 3. The van der Waals surface area contributed by atoms with Crippen LogP contribution in [0.3, 0.4) is 0 Å². The molecule has 0 aromatic heterocycles. The lowest BCUT2D eigenvalue weighted by molar-refractivity contribution is -0.194. The summed E-state index contributed by atoms with van der Waals surface area (Å²) < 4.78 is 18.7. The minimum Gasteiger partial charge on any atom is -0.459 e. The Morgan fingerprint density at radius 1 is 1.21 bits per heavy atom. The van der Waals surface area contributed by atoms with Crippen LogP contribution >= 0.6 is 0 Å². The van der Waals surface area contributed by atoms with Gasteiger partial charge in [0.2, 0.25) is 0 Å². The van der Waals surface area contributed by atoms with E-state index in [1.807, 2.05) is 27.7 Å². The van der Waals surface area contributed by atoms with Crippen LogP contribution in [0.5, 0.6) is 0 Å². The molecular formula is C26H42O7. The van der Waals surface area contributed by atoms with E-state index in [9.17, 15) is 19.5 Å². The molecule has 0 aromatic carbocycles. The number of ketones is 1. The zero-order valence-electron chi connectivity index (χ0n) is 21.3. The van der Waals surface area contributed by atoms with Crippen LogP contribution in [0, 0.1) is 29.6 Å². The van der Waals surface area contributed by atoms with E-state index in [1.165, 1.54) is 6.92 Å². The normalized spacial score (nSPS) is 43.3. The van der Waals surface area contributed by atoms with Crippen molar-refractivity contribution in [3.8, 4) is 0 Å². The number of fused-ring (bicyclic) bond motifs is 5. The molecule has 188 valence electrons. The lowest BCUT2D eigenvalue weighted by atomic mass is 9.56. The number of hydrogen-bond acceptors (Lipinski definition) is 7. The largest absolute Gasteiger partial charge is 0.459 e. The minimum absolute atomic E-state index is 0.108. The van der Waals surface area contributed by atoms with Crippen LogP contribution in [0.1, 0.15) is 87.0 Å². The van der Waals surface area contributed by atoms with Crippen molar-refractivity contribution in [3.63, 3.8) is 0 Å². The predicted molar refractivity (Wildman–Crippen MR) is 122 cm³/mol. The van der Waals surface area contributed by atoms with Gasteiger partial charge < -0.3 is 19.3 Å². The van der Waals surface area contributed by atoms with Crippen molar-refractivity contribution in [2.45, 2.75) is 117 Å². The molecule has 1 N–H and O–H groups in total. The fourth-order valence-corrected chi connectivity index (χ4v) is 6.93. The molecule has 0 unspecified atom stereocenters. The molecule has 7 heteroatoms. The van der Waals surface area contributed by atoms with E-state index in [4.69, 9.17) is 14.2 Å². The van der Waals surface area contributed by atoms with E-state index < -0.39 is 29.4 Å². The van der Waals surface area contributed by atoms with Crippen LogP contribution in [0.25, 0.3) is 0 Å². The molecule has 3 fully saturated rings. The Bertz CT molecular complexity index is 764. The van der Waals surface area contributed by atoms with Gasteiger partial charge in [-0.25, -0.2) is 0 Å². The second-order valence-corrected chi connectivity index (χ2v) is 11.3. The molecule has 0 amide bonds. The summed E-state index contributed by atoms with van der Waals surface area (Å²) in [5, 5.41) is 11.3. The fourth-order valence-electron chi connectivity index (χ4n) is 6.93. The summed E-state index contributed by atoms with van der Waals surface area (Å²) in [4.78, 5) is 37.7. The number of ether oxygens (including phenoxy) is 3. The van der Waals surface area contributed by atoms with Gasteiger partial charge in [-0.15, -0.1) is 0 Å². The first kappa shape index (κ1) is 26.1. The molecule has 2 heterocycles. The lowest BCUT2D eigenvalue weighted by Gasteiger charge is -2.52. The average Bonchev–Trinajstić information content (AvgIpc) is 3.06. The third kappa shape index (κ3) is 5.00. The first-order chi connectivity index (χ1) is 15.3. The summed E-state index contributed by atoms with van der Waals surface area (Å²) in [7, 11) is 0. The quantitative estimate of drug-likeness (QED) is 0.615. The van der Waals surface area contributed by atoms with E-state index in [0.29, 0.717) is 38.5 Å². The molecule has 3 rings (SSSR count). The molecule has 1 saturated carbocycles. The highest BCUT2D eigenvalue weighted by Crippen LogP contribution is 2.58. The predicted octanol–water partition coefficient (Wildman–Crippen LogP) is 3.84. The Kier molecular flexibility index (Phi) is 7.64. The summed E-state index contributed by atoms with van der Waals surface area (Å²) in [6, 6.07) is 0. The van der Waals surface area contributed by atoms with Gasteiger partial charge >= 0.3 is 11.9 Å². The van der Waals surface area contributed by atoms with E-state index in [1.54, 1.807) is 0 Å². The molecule has 2 bridgehead atoms. The van der Waals surface area contributed by atoms with Crippen LogP contribution in [0.15, 0.2) is 0 Å². The monoisotopic (exact) mass is 466 g/mol. The number of carbonyl (C=O) groups excluding carboxylic acids is 3. The van der Waals surface area contributed by atoms with Crippen molar-refractivity contribution in [2.24, 2.45) is 29.6 Å². The maximum absolute atomic E-state index is 12.9. The van der Waals surface area contributed by atoms with Crippen molar-refractivity contribution >= 4 is 17.7 Å². The summed E-state index contributed by atoms with van der Waals surface area (Å²) in [6.07, 6.45) is 0.981. The zero-order chi connectivity index (χ0) is 24.7. The second-order valence-electron chi connectivity index (χ2n) is 11.3. The molecule has 0 aromatic rings. The van der Waals surface area contributed by atoms with Gasteiger partial charge in [0.1, 0.15) is 23.1 Å². The standard InChI is InChI=1S/C26H42O7/c1-8-9-20(30)33-25(6)11-10-17(28)15(4)12-19-23-22(24(25)31-19)21(14(2)3)18(29)13-26(23,7)32-16(5)27/h14-15,18-19,21-24,29H,8-13H2,1-7H3/t15-,18+,19+,21-,22+,23+,24+,25+,26+/m0/s1. The van der Waals surface area contributed by atoms with Crippen LogP contribution in [-0.4, -0.2) is 52.3 Å². The van der Waals surface area contributed by atoms with Crippen molar-refractivity contribution in [3.05, 3.63) is 0 Å². The Morgan fingerprint density at radius 3 is 2.45 bits per heavy atom. The minimum atomic E-state index is -1.01. The van der Waals surface area contributed by atoms with Gasteiger partial charge in [0.25, 0.3) is 0 Å². The highest BCUT2D eigenvalue weighted by atomic mass is 16.6. The van der Waals surface area contributed by atoms with Crippen molar-refractivity contribution < 1.29 is 33.7 Å². The number of aliphatic hydroxyl groups excluding tert-OH is 1. The van der Waals surface area contributed by atoms with E-state index >= 15 is 0 Å². The molecule has 0 radical (unpaired) electrons. The molecule has 1 aliphatic carbocycles. The molecule has 2 aliphatic heterocycles. The molecule has 3 aliphatic rings. The topological polar surface area (TPSA) is 99.1 Å². The molecule has 33 heavy (non-hydrogen) atoms. The molecular weight excluding hydrogens is 424 g/mol. The number of aliphatic hydroxyl groups is 1. The maximum Gasteiger partial charge on any atom is 0.306 e. The lowest BCUT2D eigenvalue weighted by Crippen LogP contribution is -2.60. The van der Waals surface area contributed by atoms with Crippen LogP contribution < -0.4 is 0 Å². The van der Waals surface area contributed by atoms with Crippen molar-refractivity contribution in [1.82, 2.24) is 0 Å². The SMILES string of the molecule is CCCC(=O)O[C@]1(C)CCC(=O)[C@@H](C)C[C@H]2O[C@@H]1[C@@H]1[C@@H](C(C)C)[C@H](O)C[C@@](C)(OC(C)=O)[C@@H]12. The number of esters is 2. The molecule has 2 saturated heterocycles. The van der Waals surface area contributed by atoms with Gasteiger partial charge in [-0.2, -0.15) is 0 Å². The van der Waals surface area contributed by atoms with E-state index in [-0.39, 0.29) is 47.4 Å². The van der Waals surface area contributed by atoms with Gasteiger partial charge in [0, 0.05) is 43.9 Å². The molecule has 7 nitrogen and oxygen atoms in total. The number of rotatable bonds is 5. The van der Waals surface area contributed by atoms with Gasteiger partial charge in [0.05, 0.1) is 12.2 Å². The number of Topliss-reactive ketones (excluding diaryl/α,β-unsaturated/α-hetero) is 1. The Hall–Kier alpha value is -1.47. The van der Waals surface area contributed by atoms with Gasteiger partial charge in [0.15, 0.2) is 0 Å². The summed E-state index contributed by atoms with van der Waals surface area (Å²) >= 11 is 0. The van der Waals surface area contributed by atoms with E-state index in [2.05, 4.69) is 13.8 Å². The summed E-state index contributed by atoms with van der Waals surface area (Å²) in [6.45, 7) is 13.1. The fraction of sp³-hybridized carbons (Fsp3) is 0.885. The van der Waals surface area contributed by atoms with Gasteiger partial charge in [-0.1, -0.05) is 27.7 Å². The maximum atomic E-state index is 12.9. The third-order valence-electron chi connectivity index (χ3n) is 8.25. The summed E-state index contributed by atoms with van der Waals surface area (Å²) in [5.41, 5.74) is -1.94. The first-order valence-electron chi connectivity index (χ1n) is 12.6. The van der Waals surface area contributed by atoms with E-state index in [0.717, 1.165) is 0 Å². The Balaban J connectivity index is 2.14.